The van der Waals surface area contributed by atoms with E-state index in [4.69, 9.17) is 11.2 Å². The topological polar surface area (TPSA) is 38.3 Å². The molecule has 0 aliphatic carbocycles. The van der Waals surface area contributed by atoms with Crippen LogP contribution >= 0.6 is 0 Å². The molecule has 0 aliphatic rings. The van der Waals surface area contributed by atoms with E-state index in [1.807, 2.05) is 26.0 Å². The van der Waals surface area contributed by atoms with E-state index >= 15 is 0 Å². The molecule has 0 radical (unpaired) electrons. The van der Waals surface area contributed by atoms with Gasteiger partial charge in [0.2, 0.25) is 0 Å². The van der Waals surface area contributed by atoms with Gasteiger partial charge in [-0.15, -0.1) is 6.42 Å². The van der Waals surface area contributed by atoms with Gasteiger partial charge in [0, 0.05) is 0 Å². The van der Waals surface area contributed by atoms with Crippen molar-refractivity contribution in [3.8, 4) is 18.1 Å². The highest BCUT2D eigenvalue weighted by molar-refractivity contribution is 5.80. The SMILES string of the molecule is C#CCNC(=O)C(C)Oc1cc(C)cc(C)c1. The number of benzene rings is 1. The van der Waals surface area contributed by atoms with Crippen LogP contribution in [0.4, 0.5) is 0 Å². The molecule has 0 saturated heterocycles. The first-order valence-corrected chi connectivity index (χ1v) is 5.49. The second-order valence-electron chi connectivity index (χ2n) is 4.01. The van der Waals surface area contributed by atoms with Crippen LogP contribution in [0, 0.1) is 26.2 Å². The molecule has 0 saturated carbocycles. The Kier molecular flexibility index (Phi) is 4.59. The summed E-state index contributed by atoms with van der Waals surface area (Å²) in [5.41, 5.74) is 2.22. The van der Waals surface area contributed by atoms with Crippen molar-refractivity contribution in [2.24, 2.45) is 0 Å². The van der Waals surface area contributed by atoms with Gasteiger partial charge in [0.25, 0.3) is 5.91 Å². The first-order valence-electron chi connectivity index (χ1n) is 5.49. The van der Waals surface area contributed by atoms with Crippen molar-refractivity contribution in [3.63, 3.8) is 0 Å². The van der Waals surface area contributed by atoms with Crippen molar-refractivity contribution < 1.29 is 9.53 Å². The van der Waals surface area contributed by atoms with Gasteiger partial charge in [-0.25, -0.2) is 0 Å². The van der Waals surface area contributed by atoms with Crippen LogP contribution in [0.5, 0.6) is 5.75 Å². The van der Waals surface area contributed by atoms with E-state index in [0.29, 0.717) is 5.75 Å². The maximum atomic E-state index is 11.5. The molecule has 0 aliphatic heterocycles. The smallest absolute Gasteiger partial charge is 0.261 e. The summed E-state index contributed by atoms with van der Waals surface area (Å²) < 4.78 is 5.55. The lowest BCUT2D eigenvalue weighted by Crippen LogP contribution is -2.36. The molecule has 1 atom stereocenters. The van der Waals surface area contributed by atoms with Gasteiger partial charge in [-0.05, 0) is 44.0 Å². The van der Waals surface area contributed by atoms with Crippen LogP contribution in [0.25, 0.3) is 0 Å². The molecular formula is C14H17NO2. The van der Waals surface area contributed by atoms with Gasteiger partial charge < -0.3 is 10.1 Å². The van der Waals surface area contributed by atoms with Crippen molar-refractivity contribution in [1.29, 1.82) is 0 Å². The average Bonchev–Trinajstić information content (AvgIpc) is 2.24. The zero-order valence-corrected chi connectivity index (χ0v) is 10.4. The number of hydrogen-bond acceptors (Lipinski definition) is 2. The number of carbonyl (C=O) groups excluding carboxylic acids is 1. The number of rotatable bonds is 4. The van der Waals surface area contributed by atoms with E-state index in [2.05, 4.69) is 17.3 Å². The lowest BCUT2D eigenvalue weighted by atomic mass is 10.1. The Bertz CT molecular complexity index is 426. The molecule has 3 heteroatoms. The summed E-state index contributed by atoms with van der Waals surface area (Å²) in [6, 6.07) is 5.85. The Labute approximate surface area is 102 Å². The number of nitrogens with one attached hydrogen (secondary N) is 1. The third kappa shape index (κ3) is 4.20. The Morgan fingerprint density at radius 3 is 2.53 bits per heavy atom. The first-order chi connectivity index (χ1) is 8.02. The summed E-state index contributed by atoms with van der Waals surface area (Å²) in [6.07, 6.45) is 4.51. The molecule has 90 valence electrons. The van der Waals surface area contributed by atoms with E-state index in [-0.39, 0.29) is 12.5 Å². The fourth-order valence-corrected chi connectivity index (χ4v) is 1.54. The number of ether oxygens (including phenoxy) is 1. The van der Waals surface area contributed by atoms with Gasteiger partial charge in [-0.3, -0.25) is 4.79 Å². The zero-order valence-electron chi connectivity index (χ0n) is 10.4. The molecule has 1 rings (SSSR count). The third-order valence-electron chi connectivity index (χ3n) is 2.24. The largest absolute Gasteiger partial charge is 0.481 e. The van der Waals surface area contributed by atoms with Crippen molar-refractivity contribution in [3.05, 3.63) is 29.3 Å². The quantitative estimate of drug-likeness (QED) is 0.803. The van der Waals surface area contributed by atoms with E-state index < -0.39 is 6.10 Å². The van der Waals surface area contributed by atoms with Crippen LogP contribution in [0.1, 0.15) is 18.1 Å². The number of hydrogen-bond donors (Lipinski definition) is 1. The fraction of sp³-hybridized carbons (Fsp3) is 0.357. The molecule has 0 aromatic heterocycles. The second kappa shape index (κ2) is 5.95. The highest BCUT2D eigenvalue weighted by Gasteiger charge is 2.13. The highest BCUT2D eigenvalue weighted by Crippen LogP contribution is 2.17. The highest BCUT2D eigenvalue weighted by atomic mass is 16.5. The number of aryl methyl sites for hydroxylation is 2. The predicted molar refractivity (Wildman–Crippen MR) is 67.8 cm³/mol. The monoisotopic (exact) mass is 231 g/mol. The fourth-order valence-electron chi connectivity index (χ4n) is 1.54. The third-order valence-corrected chi connectivity index (χ3v) is 2.24. The van der Waals surface area contributed by atoms with Crippen LogP contribution in [0.15, 0.2) is 18.2 Å². The second-order valence-corrected chi connectivity index (χ2v) is 4.01. The van der Waals surface area contributed by atoms with Crippen LogP contribution in [-0.4, -0.2) is 18.6 Å². The first kappa shape index (κ1) is 13.1. The van der Waals surface area contributed by atoms with Crippen molar-refractivity contribution >= 4 is 5.91 Å². The summed E-state index contributed by atoms with van der Waals surface area (Å²) in [6.45, 7) is 5.90. The number of amides is 1. The average molecular weight is 231 g/mol. The number of terminal acetylenes is 1. The Hall–Kier alpha value is -1.95. The Balaban J connectivity index is 2.64. The summed E-state index contributed by atoms with van der Waals surface area (Å²) in [5, 5.41) is 2.58. The predicted octanol–water partition coefficient (Wildman–Crippen LogP) is 1.82. The molecule has 17 heavy (non-hydrogen) atoms. The van der Waals surface area contributed by atoms with Crippen LogP contribution in [-0.2, 0) is 4.79 Å². The Morgan fingerprint density at radius 2 is 2.00 bits per heavy atom. The summed E-state index contributed by atoms with van der Waals surface area (Å²) in [7, 11) is 0. The van der Waals surface area contributed by atoms with E-state index in [1.165, 1.54) is 0 Å². The minimum absolute atomic E-state index is 0.206. The van der Waals surface area contributed by atoms with Crippen LogP contribution in [0.3, 0.4) is 0 Å². The maximum Gasteiger partial charge on any atom is 0.261 e. The molecule has 0 fully saturated rings. The van der Waals surface area contributed by atoms with Gasteiger partial charge in [-0.2, -0.15) is 0 Å². The lowest BCUT2D eigenvalue weighted by molar-refractivity contribution is -0.126. The zero-order chi connectivity index (χ0) is 12.8. The van der Waals surface area contributed by atoms with E-state index in [9.17, 15) is 4.79 Å². The minimum Gasteiger partial charge on any atom is -0.481 e. The van der Waals surface area contributed by atoms with Gasteiger partial charge in [0.15, 0.2) is 6.10 Å². The van der Waals surface area contributed by atoms with Gasteiger partial charge in [0.05, 0.1) is 6.54 Å². The summed E-state index contributed by atoms with van der Waals surface area (Å²) in [4.78, 5) is 11.5. The van der Waals surface area contributed by atoms with Crippen molar-refractivity contribution in [2.45, 2.75) is 26.9 Å². The van der Waals surface area contributed by atoms with Gasteiger partial charge in [0.1, 0.15) is 5.75 Å². The lowest BCUT2D eigenvalue weighted by Gasteiger charge is -2.14. The van der Waals surface area contributed by atoms with Gasteiger partial charge >= 0.3 is 0 Å². The van der Waals surface area contributed by atoms with Crippen LogP contribution < -0.4 is 10.1 Å². The van der Waals surface area contributed by atoms with Crippen molar-refractivity contribution in [2.75, 3.05) is 6.54 Å². The molecule has 1 aromatic rings. The molecule has 0 bridgehead atoms. The molecule has 1 amide bonds. The minimum atomic E-state index is -0.551. The molecule has 0 spiro atoms. The van der Waals surface area contributed by atoms with Crippen LogP contribution in [0.2, 0.25) is 0 Å². The normalized spacial score (nSPS) is 11.4. The van der Waals surface area contributed by atoms with E-state index in [1.54, 1.807) is 6.92 Å². The molecule has 3 nitrogen and oxygen atoms in total. The maximum absolute atomic E-state index is 11.5. The molecule has 1 unspecified atom stereocenters. The summed E-state index contributed by atoms with van der Waals surface area (Å²) >= 11 is 0. The van der Waals surface area contributed by atoms with Crippen molar-refractivity contribution in [1.82, 2.24) is 5.32 Å². The molecule has 0 heterocycles. The Morgan fingerprint density at radius 1 is 1.41 bits per heavy atom. The number of carbonyl (C=O) groups is 1. The molecular weight excluding hydrogens is 214 g/mol. The van der Waals surface area contributed by atoms with Gasteiger partial charge in [-0.1, -0.05) is 12.0 Å². The van der Waals surface area contributed by atoms with E-state index in [0.717, 1.165) is 11.1 Å². The molecule has 1 aromatic carbocycles. The standard InChI is InChI=1S/C14H17NO2/c1-5-6-15-14(16)12(4)17-13-8-10(2)7-11(3)9-13/h1,7-9,12H,6H2,2-4H3,(H,15,16). The molecule has 1 N–H and O–H groups in total. The summed E-state index contributed by atoms with van der Waals surface area (Å²) in [5.74, 6) is 2.84.